The van der Waals surface area contributed by atoms with E-state index < -0.39 is 11.6 Å². The predicted octanol–water partition coefficient (Wildman–Crippen LogP) is 2.71. The SMILES string of the molecule is Cc1cccc(OC(C)C(=O)NC2(C#N)CCCC2)c1. The minimum absolute atomic E-state index is 0.227. The van der Waals surface area contributed by atoms with Gasteiger partial charge >= 0.3 is 0 Å². The van der Waals surface area contributed by atoms with Crippen molar-refractivity contribution < 1.29 is 9.53 Å². The summed E-state index contributed by atoms with van der Waals surface area (Å²) in [7, 11) is 0. The molecule has 0 aliphatic heterocycles. The fourth-order valence-corrected chi connectivity index (χ4v) is 2.53. The Balaban J connectivity index is 1.97. The summed E-state index contributed by atoms with van der Waals surface area (Å²) < 4.78 is 5.64. The summed E-state index contributed by atoms with van der Waals surface area (Å²) in [6.07, 6.45) is 2.82. The summed E-state index contributed by atoms with van der Waals surface area (Å²) in [4.78, 5) is 12.2. The average molecular weight is 272 g/mol. The van der Waals surface area contributed by atoms with Crippen LogP contribution in [0, 0.1) is 18.3 Å². The molecule has 0 saturated heterocycles. The molecule has 1 amide bonds. The molecule has 0 spiro atoms. The number of ether oxygens (including phenoxy) is 1. The Labute approximate surface area is 119 Å². The third-order valence-corrected chi connectivity index (χ3v) is 3.71. The molecule has 1 unspecified atom stereocenters. The zero-order valence-electron chi connectivity index (χ0n) is 12.0. The fourth-order valence-electron chi connectivity index (χ4n) is 2.53. The standard InChI is InChI=1S/C16H20N2O2/c1-12-6-5-7-14(10-12)20-13(2)15(19)18-16(11-17)8-3-4-9-16/h5-7,10,13H,3-4,8-9H2,1-2H3,(H,18,19). The summed E-state index contributed by atoms with van der Waals surface area (Å²) in [5, 5.41) is 12.1. The van der Waals surface area contributed by atoms with Crippen LogP contribution in [0.1, 0.15) is 38.2 Å². The minimum Gasteiger partial charge on any atom is -0.481 e. The second-order valence-corrected chi connectivity index (χ2v) is 5.47. The molecule has 0 heterocycles. The highest BCUT2D eigenvalue weighted by Gasteiger charge is 2.36. The van der Waals surface area contributed by atoms with Crippen molar-refractivity contribution in [3.63, 3.8) is 0 Å². The molecule has 1 fully saturated rings. The molecule has 1 aliphatic rings. The van der Waals surface area contributed by atoms with E-state index in [0.29, 0.717) is 5.75 Å². The molecule has 106 valence electrons. The van der Waals surface area contributed by atoms with Crippen LogP contribution in [0.15, 0.2) is 24.3 Å². The summed E-state index contributed by atoms with van der Waals surface area (Å²) in [5.41, 5.74) is 0.390. The van der Waals surface area contributed by atoms with Crippen LogP contribution in [0.4, 0.5) is 0 Å². The highest BCUT2D eigenvalue weighted by molar-refractivity contribution is 5.82. The molecular weight excluding hydrogens is 252 g/mol. The Morgan fingerprint density at radius 1 is 1.45 bits per heavy atom. The molecule has 0 radical (unpaired) electrons. The van der Waals surface area contributed by atoms with Crippen LogP contribution in [0.25, 0.3) is 0 Å². The Bertz CT molecular complexity index is 528. The largest absolute Gasteiger partial charge is 0.481 e. The number of nitrogens with zero attached hydrogens (tertiary/aromatic N) is 1. The van der Waals surface area contributed by atoms with Gasteiger partial charge in [0.1, 0.15) is 11.3 Å². The summed E-state index contributed by atoms with van der Waals surface area (Å²) in [6, 6.07) is 9.83. The van der Waals surface area contributed by atoms with Gasteiger partial charge in [-0.1, -0.05) is 12.1 Å². The van der Waals surface area contributed by atoms with Gasteiger partial charge in [-0.3, -0.25) is 4.79 Å². The molecule has 1 saturated carbocycles. The van der Waals surface area contributed by atoms with E-state index in [1.165, 1.54) is 0 Å². The second-order valence-electron chi connectivity index (χ2n) is 5.47. The number of carbonyl (C=O) groups is 1. The zero-order chi connectivity index (χ0) is 14.6. The van der Waals surface area contributed by atoms with Crippen LogP contribution >= 0.6 is 0 Å². The molecule has 2 rings (SSSR count). The molecule has 4 heteroatoms. The first kappa shape index (κ1) is 14.4. The van der Waals surface area contributed by atoms with E-state index in [2.05, 4.69) is 11.4 Å². The maximum absolute atomic E-state index is 12.2. The number of amides is 1. The molecular formula is C16H20N2O2. The fraction of sp³-hybridized carbons (Fsp3) is 0.500. The molecule has 0 aromatic heterocycles. The Kier molecular flexibility index (Phi) is 4.29. The van der Waals surface area contributed by atoms with E-state index in [-0.39, 0.29) is 5.91 Å². The van der Waals surface area contributed by atoms with Gasteiger partial charge in [0.15, 0.2) is 6.10 Å². The number of aryl methyl sites for hydroxylation is 1. The van der Waals surface area contributed by atoms with Crippen molar-refractivity contribution in [2.24, 2.45) is 0 Å². The van der Waals surface area contributed by atoms with Crippen molar-refractivity contribution in [3.8, 4) is 11.8 Å². The summed E-state index contributed by atoms with van der Waals surface area (Å²) in [5.74, 6) is 0.444. The van der Waals surface area contributed by atoms with Crippen LogP contribution in [0.5, 0.6) is 5.75 Å². The van der Waals surface area contributed by atoms with Crippen molar-refractivity contribution in [3.05, 3.63) is 29.8 Å². The topological polar surface area (TPSA) is 62.1 Å². The van der Waals surface area contributed by atoms with Crippen LogP contribution in [-0.2, 0) is 4.79 Å². The molecule has 1 aromatic rings. The Morgan fingerprint density at radius 2 is 2.15 bits per heavy atom. The number of rotatable bonds is 4. The minimum atomic E-state index is -0.693. The maximum Gasteiger partial charge on any atom is 0.262 e. The van der Waals surface area contributed by atoms with Crippen molar-refractivity contribution in [1.29, 1.82) is 5.26 Å². The summed E-state index contributed by atoms with van der Waals surface area (Å²) in [6.45, 7) is 3.68. The van der Waals surface area contributed by atoms with E-state index in [1.54, 1.807) is 6.92 Å². The molecule has 1 aromatic carbocycles. The molecule has 1 aliphatic carbocycles. The van der Waals surface area contributed by atoms with E-state index in [9.17, 15) is 10.1 Å². The number of nitriles is 1. The Hall–Kier alpha value is -2.02. The lowest BCUT2D eigenvalue weighted by Crippen LogP contribution is -2.49. The molecule has 4 nitrogen and oxygen atoms in total. The van der Waals surface area contributed by atoms with Crippen molar-refractivity contribution in [1.82, 2.24) is 5.32 Å². The highest BCUT2D eigenvalue weighted by Crippen LogP contribution is 2.29. The van der Waals surface area contributed by atoms with Gasteiger partial charge in [-0.05, 0) is 57.2 Å². The maximum atomic E-state index is 12.2. The normalized spacial score (nSPS) is 18.1. The van der Waals surface area contributed by atoms with Gasteiger partial charge in [0.2, 0.25) is 0 Å². The summed E-state index contributed by atoms with van der Waals surface area (Å²) >= 11 is 0. The van der Waals surface area contributed by atoms with E-state index in [0.717, 1.165) is 31.2 Å². The van der Waals surface area contributed by atoms with Gasteiger partial charge in [-0.15, -0.1) is 0 Å². The Morgan fingerprint density at radius 3 is 2.75 bits per heavy atom. The molecule has 0 bridgehead atoms. The van der Waals surface area contributed by atoms with E-state index >= 15 is 0 Å². The molecule has 20 heavy (non-hydrogen) atoms. The van der Waals surface area contributed by atoms with Gasteiger partial charge in [0.05, 0.1) is 6.07 Å². The van der Waals surface area contributed by atoms with Crippen LogP contribution < -0.4 is 10.1 Å². The first-order chi connectivity index (χ1) is 9.54. The number of carbonyl (C=O) groups excluding carboxylic acids is 1. The van der Waals surface area contributed by atoms with Gasteiger partial charge in [-0.25, -0.2) is 0 Å². The third-order valence-electron chi connectivity index (χ3n) is 3.71. The van der Waals surface area contributed by atoms with Gasteiger partial charge in [0.25, 0.3) is 5.91 Å². The zero-order valence-corrected chi connectivity index (χ0v) is 12.0. The van der Waals surface area contributed by atoms with Crippen molar-refractivity contribution in [2.45, 2.75) is 51.2 Å². The third kappa shape index (κ3) is 3.30. The van der Waals surface area contributed by atoms with Crippen LogP contribution in [-0.4, -0.2) is 17.6 Å². The monoisotopic (exact) mass is 272 g/mol. The molecule has 1 atom stereocenters. The van der Waals surface area contributed by atoms with Crippen LogP contribution in [0.2, 0.25) is 0 Å². The average Bonchev–Trinajstić information content (AvgIpc) is 2.88. The van der Waals surface area contributed by atoms with Crippen molar-refractivity contribution >= 4 is 5.91 Å². The van der Waals surface area contributed by atoms with E-state index in [1.807, 2.05) is 31.2 Å². The lowest BCUT2D eigenvalue weighted by Gasteiger charge is -2.24. The molecule has 1 N–H and O–H groups in total. The van der Waals surface area contributed by atoms with Gasteiger partial charge < -0.3 is 10.1 Å². The van der Waals surface area contributed by atoms with Crippen LogP contribution in [0.3, 0.4) is 0 Å². The van der Waals surface area contributed by atoms with Gasteiger partial charge in [0, 0.05) is 0 Å². The first-order valence-electron chi connectivity index (χ1n) is 7.01. The lowest BCUT2D eigenvalue weighted by molar-refractivity contribution is -0.128. The first-order valence-corrected chi connectivity index (χ1v) is 7.01. The van der Waals surface area contributed by atoms with E-state index in [4.69, 9.17) is 4.74 Å². The highest BCUT2D eigenvalue weighted by atomic mass is 16.5. The number of benzene rings is 1. The predicted molar refractivity (Wildman–Crippen MR) is 76.2 cm³/mol. The van der Waals surface area contributed by atoms with Gasteiger partial charge in [-0.2, -0.15) is 5.26 Å². The quantitative estimate of drug-likeness (QED) is 0.916. The second kappa shape index (κ2) is 5.96. The smallest absolute Gasteiger partial charge is 0.262 e. The lowest BCUT2D eigenvalue weighted by atomic mass is 9.99. The number of nitrogens with one attached hydrogen (secondary N) is 1. The number of hydrogen-bond acceptors (Lipinski definition) is 3. The number of hydrogen-bond donors (Lipinski definition) is 1. The van der Waals surface area contributed by atoms with Crippen molar-refractivity contribution in [2.75, 3.05) is 0 Å².